The number of rotatable bonds is 9. The van der Waals surface area contributed by atoms with Crippen LogP contribution in [0, 0.1) is 5.82 Å². The summed E-state index contributed by atoms with van der Waals surface area (Å²) in [5.74, 6) is -0.638. The molecule has 5 aromatic heterocycles. The first-order chi connectivity index (χ1) is 21.0. The van der Waals surface area contributed by atoms with Crippen molar-refractivity contribution in [3.63, 3.8) is 0 Å². The number of halogens is 1. The van der Waals surface area contributed by atoms with Crippen molar-refractivity contribution in [2.24, 2.45) is 0 Å². The van der Waals surface area contributed by atoms with Gasteiger partial charge >= 0.3 is 0 Å². The monoisotopic (exact) mass is 613 g/mol. The number of aromatic amines is 2. The Morgan fingerprint density at radius 2 is 1.73 bits per heavy atom. The molecule has 0 spiro atoms. The third-order valence-corrected chi connectivity index (χ3v) is 7.51. The lowest BCUT2D eigenvalue weighted by molar-refractivity contribution is -0.116. The van der Waals surface area contributed by atoms with Gasteiger partial charge in [0.15, 0.2) is 5.65 Å². The van der Waals surface area contributed by atoms with Gasteiger partial charge in [-0.3, -0.25) is 19.9 Å². The summed E-state index contributed by atoms with van der Waals surface area (Å²) in [7, 11) is 0.197. The third-order valence-electron chi connectivity index (χ3n) is 6.84. The molecule has 1 amide bonds. The molecular formula is C30H28FN9O3S. The molecule has 0 radical (unpaired) electrons. The quantitative estimate of drug-likeness (QED) is 0.191. The number of carbonyl (C=O) groups is 1. The van der Waals surface area contributed by atoms with E-state index in [2.05, 4.69) is 40.2 Å². The highest BCUT2D eigenvalue weighted by atomic mass is 32.2. The van der Waals surface area contributed by atoms with E-state index in [4.69, 9.17) is 0 Å². The molecule has 0 fully saturated rings. The molecule has 6 rings (SSSR count). The van der Waals surface area contributed by atoms with Crippen LogP contribution in [0.4, 0.5) is 10.1 Å². The van der Waals surface area contributed by atoms with E-state index < -0.39 is 15.8 Å². The van der Waals surface area contributed by atoms with E-state index in [1.807, 2.05) is 32.3 Å². The van der Waals surface area contributed by atoms with E-state index in [0.29, 0.717) is 44.9 Å². The van der Waals surface area contributed by atoms with Gasteiger partial charge in [0, 0.05) is 52.6 Å². The molecule has 14 heteroatoms. The van der Waals surface area contributed by atoms with E-state index in [0.717, 1.165) is 28.2 Å². The number of sulfonamides is 1. The Balaban J connectivity index is 1.36. The molecule has 0 unspecified atom stereocenters. The van der Waals surface area contributed by atoms with Crippen LogP contribution in [0.2, 0.25) is 0 Å². The highest BCUT2D eigenvalue weighted by molar-refractivity contribution is 7.88. The first-order valence-corrected chi connectivity index (χ1v) is 15.4. The Morgan fingerprint density at radius 1 is 0.932 bits per heavy atom. The van der Waals surface area contributed by atoms with Crippen LogP contribution in [-0.2, 0) is 21.4 Å². The summed E-state index contributed by atoms with van der Waals surface area (Å²) < 4.78 is 40.1. The SMILES string of the molecule is CN(C)CC(=O)Nc1cncc(-c2cnc3[nH]nc(-c4cc5c(-c6cc(F)cc(CNS(C)(=O)=O)c6)cncc5[nH]4)c3c2)c1. The second kappa shape index (κ2) is 11.6. The number of nitrogens with one attached hydrogen (secondary N) is 4. The zero-order valence-corrected chi connectivity index (χ0v) is 24.8. The van der Waals surface area contributed by atoms with Crippen LogP contribution in [0.15, 0.2) is 67.4 Å². The van der Waals surface area contributed by atoms with Crippen LogP contribution in [0.3, 0.4) is 0 Å². The van der Waals surface area contributed by atoms with Gasteiger partial charge in [0.05, 0.1) is 42.1 Å². The number of hydrogen-bond acceptors (Lipinski definition) is 8. The number of carbonyl (C=O) groups excluding carboxylic acids is 1. The van der Waals surface area contributed by atoms with Crippen molar-refractivity contribution in [3.8, 4) is 33.6 Å². The van der Waals surface area contributed by atoms with Gasteiger partial charge in [0.2, 0.25) is 15.9 Å². The summed E-state index contributed by atoms with van der Waals surface area (Å²) in [5.41, 5.74) is 6.43. The maximum atomic E-state index is 14.6. The van der Waals surface area contributed by atoms with Gasteiger partial charge in [-0.15, -0.1) is 0 Å². The minimum Gasteiger partial charge on any atom is -0.352 e. The van der Waals surface area contributed by atoms with Gasteiger partial charge in [-0.1, -0.05) is 0 Å². The average Bonchev–Trinajstić information content (AvgIpc) is 3.59. The van der Waals surface area contributed by atoms with Crippen molar-refractivity contribution in [2.75, 3.05) is 32.2 Å². The molecule has 6 aromatic rings. The first kappa shape index (κ1) is 29.0. The zero-order chi connectivity index (χ0) is 31.0. The number of H-pyrrole nitrogens is 2. The maximum absolute atomic E-state index is 14.6. The van der Waals surface area contributed by atoms with Crippen molar-refractivity contribution in [3.05, 3.63) is 78.8 Å². The number of pyridine rings is 3. The fourth-order valence-corrected chi connectivity index (χ4v) is 5.38. The van der Waals surface area contributed by atoms with E-state index in [-0.39, 0.29) is 19.0 Å². The van der Waals surface area contributed by atoms with Crippen LogP contribution in [-0.4, -0.2) is 76.3 Å². The standard InChI is InChI=1S/C30H28FN9O3S/c1-40(2)16-28(41)36-22-7-19(11-32-13-22)20-8-24-29(38-39-30(24)34-12-20)26-9-23-25(14-33-15-27(23)37-26)18-4-17(5-21(31)6-18)10-35-44(3,42)43/h4-9,11-15,35,37H,10,16H2,1-3H3,(H,36,41)(H,34,38,39). The lowest BCUT2D eigenvalue weighted by Crippen LogP contribution is -2.27. The van der Waals surface area contributed by atoms with Gasteiger partial charge < -0.3 is 15.2 Å². The Kier molecular flexibility index (Phi) is 7.63. The Bertz CT molecular complexity index is 2140. The summed E-state index contributed by atoms with van der Waals surface area (Å²) in [5, 5.41) is 11.9. The van der Waals surface area contributed by atoms with Crippen molar-refractivity contribution in [1.82, 2.24) is 39.8 Å². The summed E-state index contributed by atoms with van der Waals surface area (Å²) in [4.78, 5) is 30.6. The summed E-state index contributed by atoms with van der Waals surface area (Å²) in [6.45, 7) is 0.208. The number of benzene rings is 1. The second-order valence-electron chi connectivity index (χ2n) is 10.7. The highest BCUT2D eigenvalue weighted by Gasteiger charge is 2.17. The number of nitrogens with zero attached hydrogens (tertiary/aromatic N) is 5. The highest BCUT2D eigenvalue weighted by Crippen LogP contribution is 2.35. The molecule has 0 atom stereocenters. The first-order valence-electron chi connectivity index (χ1n) is 13.5. The number of hydrogen-bond donors (Lipinski definition) is 4. The predicted molar refractivity (Wildman–Crippen MR) is 166 cm³/mol. The summed E-state index contributed by atoms with van der Waals surface area (Å²) in [6.07, 6.45) is 9.36. The maximum Gasteiger partial charge on any atom is 0.238 e. The fourth-order valence-electron chi connectivity index (χ4n) is 4.95. The topological polar surface area (TPSA) is 162 Å². The molecule has 0 aliphatic carbocycles. The lowest BCUT2D eigenvalue weighted by atomic mass is 10.0. The van der Waals surface area contributed by atoms with Crippen LogP contribution >= 0.6 is 0 Å². The summed E-state index contributed by atoms with van der Waals surface area (Å²) in [6, 6.07) is 10.1. The van der Waals surface area contributed by atoms with Crippen LogP contribution in [0.5, 0.6) is 0 Å². The molecule has 4 N–H and O–H groups in total. The number of aromatic nitrogens is 6. The Morgan fingerprint density at radius 3 is 2.52 bits per heavy atom. The van der Waals surface area contributed by atoms with Crippen LogP contribution in [0.1, 0.15) is 5.56 Å². The van der Waals surface area contributed by atoms with Crippen LogP contribution in [0.25, 0.3) is 55.6 Å². The molecule has 224 valence electrons. The third kappa shape index (κ3) is 6.32. The normalized spacial score (nSPS) is 11.9. The molecule has 0 bridgehead atoms. The smallest absolute Gasteiger partial charge is 0.238 e. The second-order valence-corrected chi connectivity index (χ2v) is 12.5. The minimum atomic E-state index is -3.45. The molecule has 5 heterocycles. The van der Waals surface area contributed by atoms with E-state index >= 15 is 0 Å². The van der Waals surface area contributed by atoms with Gasteiger partial charge in [-0.05, 0) is 61.6 Å². The minimum absolute atomic E-state index is 0.0408. The molecule has 1 aromatic carbocycles. The average molecular weight is 614 g/mol. The van der Waals surface area contributed by atoms with Crippen molar-refractivity contribution in [1.29, 1.82) is 0 Å². The molecule has 0 saturated heterocycles. The molecule has 12 nitrogen and oxygen atoms in total. The van der Waals surface area contributed by atoms with Crippen molar-refractivity contribution < 1.29 is 17.6 Å². The predicted octanol–water partition coefficient (Wildman–Crippen LogP) is 3.92. The summed E-state index contributed by atoms with van der Waals surface area (Å²) >= 11 is 0. The van der Waals surface area contributed by atoms with Crippen LogP contribution < -0.4 is 10.0 Å². The van der Waals surface area contributed by atoms with Crippen molar-refractivity contribution in [2.45, 2.75) is 6.54 Å². The van der Waals surface area contributed by atoms with Gasteiger partial charge in [0.25, 0.3) is 0 Å². The van der Waals surface area contributed by atoms with E-state index in [9.17, 15) is 17.6 Å². The largest absolute Gasteiger partial charge is 0.352 e. The molecule has 0 saturated carbocycles. The van der Waals surface area contributed by atoms with Gasteiger partial charge in [-0.2, -0.15) is 5.10 Å². The molecule has 0 aliphatic rings. The number of likely N-dealkylation sites (N-methyl/N-ethyl adjacent to an activating group) is 1. The Hall–Kier alpha value is -5.05. The Labute approximate surface area is 251 Å². The number of fused-ring (bicyclic) bond motifs is 2. The van der Waals surface area contributed by atoms with Gasteiger partial charge in [0.1, 0.15) is 11.5 Å². The van der Waals surface area contributed by atoms with E-state index in [1.165, 1.54) is 12.1 Å². The number of amides is 1. The molecular weight excluding hydrogens is 585 g/mol. The number of anilines is 1. The van der Waals surface area contributed by atoms with E-state index in [1.54, 1.807) is 42.0 Å². The fraction of sp³-hybridized carbons (Fsp3) is 0.167. The van der Waals surface area contributed by atoms with Crippen molar-refractivity contribution >= 4 is 43.6 Å². The molecule has 0 aliphatic heterocycles. The lowest BCUT2D eigenvalue weighted by Gasteiger charge is -2.10. The van der Waals surface area contributed by atoms with Gasteiger partial charge in [-0.25, -0.2) is 22.5 Å². The zero-order valence-electron chi connectivity index (χ0n) is 24.0. The molecule has 44 heavy (non-hydrogen) atoms.